The topological polar surface area (TPSA) is 109 Å². The fourth-order valence-corrected chi connectivity index (χ4v) is 2.57. The molecular formula is C10H14N2O4S. The average Bonchev–Trinajstić information content (AvgIpc) is 2.14. The Morgan fingerprint density at radius 3 is 2.41 bits per heavy atom. The van der Waals surface area contributed by atoms with E-state index in [0.29, 0.717) is 0 Å². The van der Waals surface area contributed by atoms with Crippen molar-refractivity contribution in [1.82, 2.24) is 4.72 Å². The summed E-state index contributed by atoms with van der Waals surface area (Å²) in [5, 5.41) is 8.76. The molecule has 0 amide bonds. The van der Waals surface area contributed by atoms with Crippen LogP contribution in [0, 0.1) is 0 Å². The predicted molar refractivity (Wildman–Crippen MR) is 63.3 cm³/mol. The van der Waals surface area contributed by atoms with Crippen molar-refractivity contribution in [2.45, 2.75) is 24.8 Å². The van der Waals surface area contributed by atoms with Crippen LogP contribution in [0.3, 0.4) is 0 Å². The van der Waals surface area contributed by atoms with E-state index in [1.54, 1.807) is 13.8 Å². The third kappa shape index (κ3) is 3.18. The molecule has 0 fully saturated rings. The lowest BCUT2D eigenvalue weighted by Crippen LogP contribution is -2.30. The molecule has 0 aliphatic heterocycles. The van der Waals surface area contributed by atoms with Crippen LogP contribution in [0.4, 0.5) is 5.69 Å². The second-order valence-electron chi connectivity index (χ2n) is 3.83. The van der Waals surface area contributed by atoms with Gasteiger partial charge in [-0.15, -0.1) is 0 Å². The van der Waals surface area contributed by atoms with Gasteiger partial charge in [0, 0.05) is 11.7 Å². The summed E-state index contributed by atoms with van der Waals surface area (Å²) < 4.78 is 25.9. The van der Waals surface area contributed by atoms with Crippen molar-refractivity contribution < 1.29 is 18.3 Å². The van der Waals surface area contributed by atoms with Gasteiger partial charge in [-0.3, -0.25) is 0 Å². The average molecular weight is 258 g/mol. The van der Waals surface area contributed by atoms with E-state index < -0.39 is 16.0 Å². The van der Waals surface area contributed by atoms with Gasteiger partial charge in [-0.2, -0.15) is 0 Å². The van der Waals surface area contributed by atoms with E-state index in [0.717, 1.165) is 6.07 Å². The van der Waals surface area contributed by atoms with Crippen LogP contribution in [0.15, 0.2) is 23.1 Å². The van der Waals surface area contributed by atoms with Crippen LogP contribution in [0.1, 0.15) is 24.2 Å². The van der Waals surface area contributed by atoms with Crippen molar-refractivity contribution in [3.8, 4) is 0 Å². The van der Waals surface area contributed by atoms with Crippen LogP contribution in [-0.4, -0.2) is 25.5 Å². The number of nitrogens with two attached hydrogens (primary N) is 1. The van der Waals surface area contributed by atoms with Gasteiger partial charge in [0.2, 0.25) is 10.0 Å². The third-order valence-corrected chi connectivity index (χ3v) is 3.61. The molecule has 0 unspecified atom stereocenters. The van der Waals surface area contributed by atoms with Crippen LogP contribution < -0.4 is 10.5 Å². The normalized spacial score (nSPS) is 11.7. The molecule has 0 aromatic heterocycles. The molecule has 6 nitrogen and oxygen atoms in total. The number of sulfonamides is 1. The first kappa shape index (κ1) is 13.5. The Balaban J connectivity index is 3.18. The van der Waals surface area contributed by atoms with Crippen molar-refractivity contribution in [3.05, 3.63) is 23.8 Å². The van der Waals surface area contributed by atoms with E-state index in [4.69, 9.17) is 10.8 Å². The van der Waals surface area contributed by atoms with Crippen LogP contribution in [-0.2, 0) is 10.0 Å². The van der Waals surface area contributed by atoms with Gasteiger partial charge in [-0.25, -0.2) is 17.9 Å². The molecule has 0 aliphatic carbocycles. The first-order chi connectivity index (χ1) is 7.74. The standard InChI is InChI=1S/C10H14N2O4S/c1-6(2)12-17(15,16)7-3-4-8(10(13)14)9(11)5-7/h3-6,12H,11H2,1-2H3,(H,13,14). The molecular weight excluding hydrogens is 244 g/mol. The molecule has 0 heterocycles. The molecule has 0 spiro atoms. The fourth-order valence-electron chi connectivity index (χ4n) is 1.28. The van der Waals surface area contributed by atoms with Gasteiger partial charge in [0.1, 0.15) is 0 Å². The number of carbonyl (C=O) groups is 1. The number of carboxylic acid groups (broad SMARTS) is 1. The highest BCUT2D eigenvalue weighted by Crippen LogP contribution is 2.18. The Hall–Kier alpha value is -1.60. The molecule has 0 atom stereocenters. The minimum absolute atomic E-state index is 0.0475. The maximum atomic E-state index is 11.8. The summed E-state index contributed by atoms with van der Waals surface area (Å²) in [4.78, 5) is 10.7. The second kappa shape index (κ2) is 4.72. The van der Waals surface area contributed by atoms with Gasteiger partial charge < -0.3 is 10.8 Å². The minimum Gasteiger partial charge on any atom is -0.478 e. The monoisotopic (exact) mass is 258 g/mol. The van der Waals surface area contributed by atoms with Crippen molar-refractivity contribution in [3.63, 3.8) is 0 Å². The molecule has 0 saturated carbocycles. The summed E-state index contributed by atoms with van der Waals surface area (Å²) in [5.74, 6) is -1.19. The van der Waals surface area contributed by atoms with E-state index in [1.165, 1.54) is 12.1 Å². The second-order valence-corrected chi connectivity index (χ2v) is 5.54. The highest BCUT2D eigenvalue weighted by molar-refractivity contribution is 7.89. The summed E-state index contributed by atoms with van der Waals surface area (Å²) in [5.41, 5.74) is 5.28. The Bertz CT molecular complexity index is 537. The zero-order valence-electron chi connectivity index (χ0n) is 9.47. The number of rotatable bonds is 4. The minimum atomic E-state index is -3.65. The Morgan fingerprint density at radius 2 is 2.00 bits per heavy atom. The largest absolute Gasteiger partial charge is 0.478 e. The predicted octanol–water partition coefficient (Wildman–Crippen LogP) is 0.654. The molecule has 4 N–H and O–H groups in total. The van der Waals surface area contributed by atoms with E-state index in [2.05, 4.69) is 4.72 Å². The van der Waals surface area contributed by atoms with Gasteiger partial charge in [-0.1, -0.05) is 0 Å². The Morgan fingerprint density at radius 1 is 1.41 bits per heavy atom. The molecule has 17 heavy (non-hydrogen) atoms. The van der Waals surface area contributed by atoms with Gasteiger partial charge >= 0.3 is 5.97 Å². The summed E-state index contributed by atoms with van der Waals surface area (Å²) in [6.45, 7) is 3.37. The van der Waals surface area contributed by atoms with Gasteiger partial charge in [-0.05, 0) is 32.0 Å². The molecule has 1 aromatic carbocycles. The van der Waals surface area contributed by atoms with Crippen molar-refractivity contribution in [1.29, 1.82) is 0 Å². The van der Waals surface area contributed by atoms with Crippen molar-refractivity contribution >= 4 is 21.7 Å². The smallest absolute Gasteiger partial charge is 0.337 e. The third-order valence-electron chi connectivity index (χ3n) is 1.95. The van der Waals surface area contributed by atoms with Gasteiger partial charge in [0.25, 0.3) is 0 Å². The van der Waals surface area contributed by atoms with E-state index in [9.17, 15) is 13.2 Å². The van der Waals surface area contributed by atoms with Crippen molar-refractivity contribution in [2.75, 3.05) is 5.73 Å². The van der Waals surface area contributed by atoms with Gasteiger partial charge in [0.15, 0.2) is 0 Å². The number of nitrogens with one attached hydrogen (secondary N) is 1. The quantitative estimate of drug-likeness (QED) is 0.687. The number of benzene rings is 1. The highest BCUT2D eigenvalue weighted by atomic mass is 32.2. The number of hydrogen-bond acceptors (Lipinski definition) is 4. The molecule has 94 valence electrons. The Labute approximate surface area is 99.5 Å². The zero-order valence-corrected chi connectivity index (χ0v) is 10.3. The number of nitrogen functional groups attached to an aromatic ring is 1. The van der Waals surface area contributed by atoms with Crippen LogP contribution in [0.2, 0.25) is 0 Å². The molecule has 1 aromatic rings. The van der Waals surface area contributed by atoms with Crippen LogP contribution in [0.25, 0.3) is 0 Å². The van der Waals surface area contributed by atoms with Crippen LogP contribution in [0.5, 0.6) is 0 Å². The van der Waals surface area contributed by atoms with Crippen LogP contribution >= 0.6 is 0 Å². The van der Waals surface area contributed by atoms with Gasteiger partial charge in [0.05, 0.1) is 10.5 Å². The molecule has 0 bridgehead atoms. The van der Waals surface area contributed by atoms with E-state index >= 15 is 0 Å². The van der Waals surface area contributed by atoms with E-state index in [1.807, 2.05) is 0 Å². The molecule has 1 rings (SSSR count). The maximum Gasteiger partial charge on any atom is 0.337 e. The fraction of sp³-hybridized carbons (Fsp3) is 0.300. The lowest BCUT2D eigenvalue weighted by atomic mass is 10.2. The SMILES string of the molecule is CC(C)NS(=O)(=O)c1ccc(C(=O)O)c(N)c1. The van der Waals surface area contributed by atoms with Crippen molar-refractivity contribution in [2.24, 2.45) is 0 Å². The molecule has 0 saturated heterocycles. The first-order valence-electron chi connectivity index (χ1n) is 4.89. The first-order valence-corrected chi connectivity index (χ1v) is 6.37. The molecule has 0 aliphatic rings. The molecule has 7 heteroatoms. The lowest BCUT2D eigenvalue weighted by molar-refractivity contribution is 0.0698. The number of aromatic carboxylic acids is 1. The number of hydrogen-bond donors (Lipinski definition) is 3. The summed E-state index contributed by atoms with van der Waals surface area (Å²) in [7, 11) is -3.65. The zero-order chi connectivity index (χ0) is 13.2. The lowest BCUT2D eigenvalue weighted by Gasteiger charge is -2.10. The number of anilines is 1. The van der Waals surface area contributed by atoms with E-state index in [-0.39, 0.29) is 22.2 Å². The summed E-state index contributed by atoms with van der Waals surface area (Å²) in [6, 6.07) is 3.27. The summed E-state index contributed by atoms with van der Waals surface area (Å²) >= 11 is 0. The highest BCUT2D eigenvalue weighted by Gasteiger charge is 2.17. The summed E-state index contributed by atoms with van der Waals surface area (Å²) in [6.07, 6.45) is 0. The molecule has 0 radical (unpaired) electrons. The number of carboxylic acids is 1. The Kier molecular flexibility index (Phi) is 3.74. The maximum absolute atomic E-state index is 11.8.